The largest absolute Gasteiger partial charge is 0.488 e. The number of carbonyl (C=O) groups excluding carboxylic acids is 3. The average Bonchev–Trinajstić information content (AvgIpc) is 2.66. The Bertz CT molecular complexity index is 1030. The molecule has 0 radical (unpaired) electrons. The third kappa shape index (κ3) is 7.13. The van der Waals surface area contributed by atoms with Gasteiger partial charge in [0.15, 0.2) is 5.75 Å². The number of ether oxygens (including phenoxy) is 1. The summed E-state index contributed by atoms with van der Waals surface area (Å²) in [6.45, 7) is 7.37. The molecule has 0 aliphatic carbocycles. The van der Waals surface area contributed by atoms with Gasteiger partial charge in [0, 0.05) is 32.6 Å². The highest BCUT2D eigenvalue weighted by Crippen LogP contribution is 2.36. The van der Waals surface area contributed by atoms with Crippen LogP contribution in [0.4, 0.5) is 9.57 Å². The molecule has 2 amide bonds. The second-order valence-electron chi connectivity index (χ2n) is 9.06. The zero-order chi connectivity index (χ0) is 24.4. The summed E-state index contributed by atoms with van der Waals surface area (Å²) in [5.41, 5.74) is 0.197. The molecular weight excluding hydrogens is 457 g/mol. The fourth-order valence-corrected chi connectivity index (χ4v) is 4.25. The van der Waals surface area contributed by atoms with Crippen molar-refractivity contribution in [3.8, 4) is 5.75 Å². The number of piperazine rings is 1. The number of amides is 2. The van der Waals surface area contributed by atoms with E-state index in [1.54, 1.807) is 32.9 Å². The molecule has 12 heteroatoms. The lowest BCUT2D eigenvalue weighted by Crippen LogP contribution is -2.48. The lowest BCUT2D eigenvalue weighted by molar-refractivity contribution is -0.156. The highest BCUT2D eigenvalue weighted by Gasteiger charge is 2.30. The molecule has 33 heavy (non-hydrogen) atoms. The number of hydrogen-bond donors (Lipinski definition) is 1. The summed E-state index contributed by atoms with van der Waals surface area (Å²) in [5.74, 6) is -2.12. The minimum absolute atomic E-state index is 0.127. The maximum Gasteiger partial charge on any atom is 0.488 e. The number of anilines is 1. The van der Waals surface area contributed by atoms with Crippen molar-refractivity contribution in [1.29, 1.82) is 0 Å². The van der Waals surface area contributed by atoms with E-state index in [2.05, 4.69) is 9.50 Å². The summed E-state index contributed by atoms with van der Waals surface area (Å²) >= 11 is 0. The highest BCUT2D eigenvalue weighted by atomic mass is 32.3. The van der Waals surface area contributed by atoms with Crippen molar-refractivity contribution in [3.05, 3.63) is 23.8 Å². The highest BCUT2D eigenvalue weighted by molar-refractivity contribution is 7.81. The summed E-state index contributed by atoms with van der Waals surface area (Å²) in [4.78, 5) is 39.4. The van der Waals surface area contributed by atoms with Gasteiger partial charge in [-0.1, -0.05) is 9.95 Å². The molecule has 1 aromatic rings. The number of esters is 1. The topological polar surface area (TPSA) is 122 Å². The summed E-state index contributed by atoms with van der Waals surface area (Å²) in [6, 6.07) is 4.53. The molecule has 2 heterocycles. The van der Waals surface area contributed by atoms with E-state index in [0.29, 0.717) is 37.4 Å². The van der Waals surface area contributed by atoms with E-state index in [1.807, 2.05) is 9.80 Å². The monoisotopic (exact) mass is 485 g/mol. The van der Waals surface area contributed by atoms with Gasteiger partial charge in [-0.2, -0.15) is 8.42 Å². The Labute approximate surface area is 192 Å². The second kappa shape index (κ2) is 9.64. The van der Waals surface area contributed by atoms with Gasteiger partial charge in [0.05, 0.1) is 18.2 Å². The fraction of sp³-hybridized carbons (Fsp3) is 0.571. The molecule has 2 aliphatic heterocycles. The van der Waals surface area contributed by atoms with E-state index >= 15 is 0 Å². The van der Waals surface area contributed by atoms with Crippen LogP contribution < -0.4 is 14.4 Å². The quantitative estimate of drug-likeness (QED) is 0.360. The predicted molar refractivity (Wildman–Crippen MR) is 117 cm³/mol. The van der Waals surface area contributed by atoms with Crippen LogP contribution in [0.2, 0.25) is 0 Å². The van der Waals surface area contributed by atoms with Crippen molar-refractivity contribution in [1.82, 2.24) is 10.2 Å². The number of hydrogen-bond acceptors (Lipinski definition) is 9. The van der Waals surface area contributed by atoms with E-state index in [9.17, 15) is 26.7 Å². The molecular formula is C21H28FN3O7S. The average molecular weight is 486 g/mol. The van der Waals surface area contributed by atoms with Crippen LogP contribution in [0.15, 0.2) is 18.2 Å². The molecule has 2 fully saturated rings. The van der Waals surface area contributed by atoms with Crippen molar-refractivity contribution in [2.24, 2.45) is 0 Å². The smallest absolute Gasteiger partial charge is 0.459 e. The van der Waals surface area contributed by atoms with Gasteiger partial charge in [0.25, 0.3) is 0 Å². The Morgan fingerprint density at radius 1 is 1.18 bits per heavy atom. The van der Waals surface area contributed by atoms with Gasteiger partial charge < -0.3 is 13.8 Å². The predicted octanol–water partition coefficient (Wildman–Crippen LogP) is 1.26. The molecule has 0 spiro atoms. The van der Waals surface area contributed by atoms with Crippen molar-refractivity contribution >= 4 is 34.0 Å². The Hall–Kier alpha value is -2.73. The minimum Gasteiger partial charge on any atom is -0.459 e. The number of nitrogens with zero attached hydrogens (tertiary/aromatic N) is 2. The third-order valence-electron chi connectivity index (χ3n) is 5.30. The zero-order valence-electron chi connectivity index (χ0n) is 18.8. The van der Waals surface area contributed by atoms with Gasteiger partial charge in [-0.3, -0.25) is 24.6 Å². The first-order chi connectivity index (χ1) is 15.3. The number of nitrogens with one attached hydrogen (secondary N) is 1. The van der Waals surface area contributed by atoms with Crippen LogP contribution in [0.1, 0.15) is 45.1 Å². The van der Waals surface area contributed by atoms with Gasteiger partial charge >= 0.3 is 16.5 Å². The third-order valence-corrected chi connectivity index (χ3v) is 5.68. The van der Waals surface area contributed by atoms with Crippen molar-refractivity contribution in [2.75, 3.05) is 37.6 Å². The van der Waals surface area contributed by atoms with E-state index in [-0.39, 0.29) is 37.0 Å². The fourth-order valence-electron chi connectivity index (χ4n) is 3.90. The molecule has 0 aromatic heterocycles. The number of carbonyl (C=O) groups is 3. The first-order valence-electron chi connectivity index (χ1n) is 10.6. The van der Waals surface area contributed by atoms with Gasteiger partial charge in [-0.05, 0) is 44.9 Å². The van der Waals surface area contributed by atoms with Crippen LogP contribution in [0.5, 0.6) is 5.75 Å². The van der Waals surface area contributed by atoms with Gasteiger partial charge in [-0.15, -0.1) is 0 Å². The Morgan fingerprint density at radius 3 is 2.42 bits per heavy atom. The normalized spacial score (nSPS) is 20.4. The standard InChI is InChI=1S/C21H28FN3O7S/c1-21(2,3)31-19(27)13-24-8-10-25(11-9-24)16-6-4-14(12-17(16)32-33(22,29)30)15-5-7-18(26)23-20(15)28/h4,6,12,15H,5,7-11,13H2,1-3H3,(H,23,26,28). The number of imide groups is 1. The number of halogens is 1. The lowest BCUT2D eigenvalue weighted by Gasteiger charge is -2.36. The SMILES string of the molecule is CC(C)(C)OC(=O)CN1CCN(c2ccc(C3CCC(=O)NC3=O)cc2OS(=O)(=O)F)CC1. The minimum atomic E-state index is -5.31. The first-order valence-corrected chi connectivity index (χ1v) is 11.9. The second-order valence-corrected chi connectivity index (χ2v) is 10.0. The molecule has 2 saturated heterocycles. The molecule has 1 atom stereocenters. The van der Waals surface area contributed by atoms with Crippen LogP contribution >= 0.6 is 0 Å². The molecule has 1 aromatic carbocycles. The summed E-state index contributed by atoms with van der Waals surface area (Å²) in [6.07, 6.45) is 0.407. The van der Waals surface area contributed by atoms with E-state index < -0.39 is 27.9 Å². The number of piperidine rings is 1. The summed E-state index contributed by atoms with van der Waals surface area (Å²) in [7, 11) is -5.31. The molecule has 182 valence electrons. The van der Waals surface area contributed by atoms with Crippen LogP contribution in [0, 0.1) is 0 Å². The summed E-state index contributed by atoms with van der Waals surface area (Å²) < 4.78 is 45.8. The Kier molecular flexibility index (Phi) is 7.27. The van der Waals surface area contributed by atoms with Crippen LogP contribution in [0.3, 0.4) is 0 Å². The molecule has 2 aliphatic rings. The molecule has 0 saturated carbocycles. The van der Waals surface area contributed by atoms with Crippen molar-refractivity contribution in [3.63, 3.8) is 0 Å². The van der Waals surface area contributed by atoms with E-state index in [0.717, 1.165) is 0 Å². The molecule has 10 nitrogen and oxygen atoms in total. The maximum atomic E-state index is 13.4. The van der Waals surface area contributed by atoms with Crippen molar-refractivity contribution < 1.29 is 35.6 Å². The van der Waals surface area contributed by atoms with Crippen LogP contribution in [-0.4, -0.2) is 69.4 Å². The Balaban J connectivity index is 1.74. The maximum absolute atomic E-state index is 13.4. The van der Waals surface area contributed by atoms with Crippen LogP contribution in [-0.2, 0) is 29.6 Å². The van der Waals surface area contributed by atoms with Gasteiger partial charge in [-0.25, -0.2) is 0 Å². The van der Waals surface area contributed by atoms with Gasteiger partial charge in [0.1, 0.15) is 5.60 Å². The van der Waals surface area contributed by atoms with E-state index in [1.165, 1.54) is 6.07 Å². The Morgan fingerprint density at radius 2 is 1.85 bits per heavy atom. The number of rotatable bonds is 6. The number of benzene rings is 1. The molecule has 1 unspecified atom stereocenters. The molecule has 3 rings (SSSR count). The zero-order valence-corrected chi connectivity index (χ0v) is 19.6. The van der Waals surface area contributed by atoms with Crippen molar-refractivity contribution in [2.45, 2.75) is 45.1 Å². The van der Waals surface area contributed by atoms with Gasteiger partial charge in [0.2, 0.25) is 11.8 Å². The molecule has 1 N–H and O–H groups in total. The van der Waals surface area contributed by atoms with Crippen LogP contribution in [0.25, 0.3) is 0 Å². The lowest BCUT2D eigenvalue weighted by atomic mass is 9.90. The first kappa shape index (κ1) is 24.9. The van der Waals surface area contributed by atoms with E-state index in [4.69, 9.17) is 4.74 Å². The summed E-state index contributed by atoms with van der Waals surface area (Å²) in [5, 5.41) is 2.24. The molecule has 0 bridgehead atoms.